The van der Waals surface area contributed by atoms with Crippen LogP contribution in [0.5, 0.6) is 5.88 Å². The van der Waals surface area contributed by atoms with E-state index in [4.69, 9.17) is 9.47 Å². The second-order valence-electron chi connectivity index (χ2n) is 5.32. The summed E-state index contributed by atoms with van der Waals surface area (Å²) in [5.41, 5.74) is 1.04. The van der Waals surface area contributed by atoms with E-state index in [1.165, 1.54) is 0 Å². The Morgan fingerprint density at radius 1 is 1.26 bits per heavy atom. The molecule has 1 aromatic heterocycles. The third-order valence-corrected chi connectivity index (χ3v) is 2.78. The summed E-state index contributed by atoms with van der Waals surface area (Å²) in [6.07, 6.45) is 1.79. The van der Waals surface area contributed by atoms with Crippen molar-refractivity contribution in [3.63, 3.8) is 0 Å². The molecule has 132 valence electrons. The van der Waals surface area contributed by atoms with Crippen molar-refractivity contribution in [1.29, 1.82) is 0 Å². The number of guanidine groups is 1. The molecule has 0 fully saturated rings. The molecule has 1 heterocycles. The number of ether oxygens (including phenoxy) is 2. The molecule has 6 nitrogen and oxygen atoms in total. The fourth-order valence-electron chi connectivity index (χ4n) is 1.63. The van der Waals surface area contributed by atoms with Gasteiger partial charge in [0.05, 0.1) is 13.2 Å². The average Bonchev–Trinajstić information content (AvgIpc) is 2.51. The normalized spacial score (nSPS) is 11.1. The Balaban J connectivity index is 0.00000484. The Hall–Kier alpha value is -1.09. The lowest BCUT2D eigenvalue weighted by atomic mass is 10.2. The van der Waals surface area contributed by atoms with Gasteiger partial charge in [0.2, 0.25) is 5.88 Å². The van der Waals surface area contributed by atoms with Crippen LogP contribution >= 0.6 is 24.0 Å². The molecule has 0 aromatic carbocycles. The summed E-state index contributed by atoms with van der Waals surface area (Å²) in [4.78, 5) is 8.82. The molecule has 0 saturated carbocycles. The molecule has 0 amide bonds. The lowest BCUT2D eigenvalue weighted by Crippen LogP contribution is -2.39. The summed E-state index contributed by atoms with van der Waals surface area (Å²) >= 11 is 0. The van der Waals surface area contributed by atoms with Gasteiger partial charge >= 0.3 is 0 Å². The van der Waals surface area contributed by atoms with E-state index in [1.807, 2.05) is 12.1 Å². The van der Waals surface area contributed by atoms with Crippen LogP contribution in [-0.2, 0) is 11.3 Å². The van der Waals surface area contributed by atoms with Crippen molar-refractivity contribution in [3.8, 4) is 5.88 Å². The zero-order valence-electron chi connectivity index (χ0n) is 14.5. The monoisotopic (exact) mass is 436 g/mol. The summed E-state index contributed by atoms with van der Waals surface area (Å²) < 4.78 is 10.4. The highest BCUT2D eigenvalue weighted by Gasteiger charge is 2.00. The first-order valence-electron chi connectivity index (χ1n) is 7.74. The van der Waals surface area contributed by atoms with Crippen molar-refractivity contribution in [2.45, 2.75) is 27.3 Å². The predicted molar refractivity (Wildman–Crippen MR) is 105 cm³/mol. The first kappa shape index (κ1) is 21.9. The van der Waals surface area contributed by atoms with Crippen molar-refractivity contribution in [2.75, 3.05) is 33.4 Å². The average molecular weight is 436 g/mol. The minimum absolute atomic E-state index is 0. The van der Waals surface area contributed by atoms with Gasteiger partial charge in [-0.15, -0.1) is 24.0 Å². The molecule has 7 heteroatoms. The van der Waals surface area contributed by atoms with E-state index in [-0.39, 0.29) is 24.0 Å². The third-order valence-electron chi connectivity index (χ3n) is 2.78. The second-order valence-corrected chi connectivity index (χ2v) is 5.32. The van der Waals surface area contributed by atoms with E-state index in [2.05, 4.69) is 41.4 Å². The molecule has 1 rings (SSSR count). The number of nitrogens with zero attached hydrogens (tertiary/aromatic N) is 2. The van der Waals surface area contributed by atoms with Gasteiger partial charge in [-0.1, -0.05) is 19.9 Å². The lowest BCUT2D eigenvalue weighted by Gasteiger charge is -2.13. The zero-order valence-corrected chi connectivity index (χ0v) is 16.8. The van der Waals surface area contributed by atoms with Crippen LogP contribution in [0.25, 0.3) is 0 Å². The number of nitrogens with one attached hydrogen (secondary N) is 2. The van der Waals surface area contributed by atoms with Gasteiger partial charge in [-0.2, -0.15) is 0 Å². The van der Waals surface area contributed by atoms with Crippen molar-refractivity contribution in [1.82, 2.24) is 15.6 Å². The molecule has 1 aromatic rings. The van der Waals surface area contributed by atoms with E-state index in [0.29, 0.717) is 31.6 Å². The van der Waals surface area contributed by atoms with Gasteiger partial charge in [0.15, 0.2) is 5.96 Å². The Labute approximate surface area is 156 Å². The molecule has 23 heavy (non-hydrogen) atoms. The van der Waals surface area contributed by atoms with Crippen LogP contribution in [-0.4, -0.2) is 44.4 Å². The van der Waals surface area contributed by atoms with Gasteiger partial charge in [0, 0.05) is 32.5 Å². The molecule has 0 aliphatic heterocycles. The number of methoxy groups -OCH3 is 1. The van der Waals surface area contributed by atoms with Gasteiger partial charge in [0.25, 0.3) is 0 Å². The molecule has 0 bridgehead atoms. The van der Waals surface area contributed by atoms with Crippen LogP contribution in [0.15, 0.2) is 23.3 Å². The lowest BCUT2D eigenvalue weighted by molar-refractivity contribution is 0.143. The SMILES string of the molecule is CCNC(=NCc1ccc(OCCOC)nc1)NCC(C)C.I. The van der Waals surface area contributed by atoms with Crippen molar-refractivity contribution in [3.05, 3.63) is 23.9 Å². The van der Waals surface area contributed by atoms with E-state index in [1.54, 1.807) is 13.3 Å². The van der Waals surface area contributed by atoms with Crippen LogP contribution in [0.2, 0.25) is 0 Å². The standard InChI is InChI=1S/C16H28N4O2.HI/c1-5-17-16(19-10-13(2)3)20-12-14-6-7-15(18-11-14)22-9-8-21-4;/h6-7,11,13H,5,8-10,12H2,1-4H3,(H2,17,19,20);1H. The molecule has 0 spiro atoms. The highest BCUT2D eigenvalue weighted by atomic mass is 127. The van der Waals surface area contributed by atoms with E-state index in [0.717, 1.165) is 24.6 Å². The molecule has 0 radical (unpaired) electrons. The molecule has 0 saturated heterocycles. The number of hydrogen-bond donors (Lipinski definition) is 2. The number of hydrogen-bond acceptors (Lipinski definition) is 4. The number of halogens is 1. The van der Waals surface area contributed by atoms with E-state index in [9.17, 15) is 0 Å². The summed E-state index contributed by atoms with van der Waals surface area (Å²) in [6.45, 7) is 9.78. The maximum Gasteiger partial charge on any atom is 0.213 e. The van der Waals surface area contributed by atoms with E-state index >= 15 is 0 Å². The Morgan fingerprint density at radius 3 is 2.61 bits per heavy atom. The molecule has 0 aliphatic carbocycles. The summed E-state index contributed by atoms with van der Waals surface area (Å²) in [5.74, 6) is 2.01. The fourth-order valence-corrected chi connectivity index (χ4v) is 1.63. The Morgan fingerprint density at radius 2 is 2.04 bits per heavy atom. The highest BCUT2D eigenvalue weighted by molar-refractivity contribution is 14.0. The number of rotatable bonds is 9. The molecule has 0 aliphatic rings. The van der Waals surface area contributed by atoms with Crippen LogP contribution in [0.3, 0.4) is 0 Å². The number of aromatic nitrogens is 1. The minimum Gasteiger partial charge on any atom is -0.475 e. The van der Waals surface area contributed by atoms with Crippen molar-refractivity contribution in [2.24, 2.45) is 10.9 Å². The second kappa shape index (κ2) is 13.4. The first-order chi connectivity index (χ1) is 10.7. The molecule has 0 atom stereocenters. The van der Waals surface area contributed by atoms with Gasteiger partial charge in [-0.25, -0.2) is 9.98 Å². The molecular weight excluding hydrogens is 407 g/mol. The van der Waals surface area contributed by atoms with E-state index < -0.39 is 0 Å². The zero-order chi connectivity index (χ0) is 16.2. The third kappa shape index (κ3) is 10.3. The predicted octanol–water partition coefficient (Wildman–Crippen LogP) is 2.44. The van der Waals surface area contributed by atoms with Gasteiger partial charge < -0.3 is 20.1 Å². The first-order valence-corrected chi connectivity index (χ1v) is 7.74. The van der Waals surface area contributed by atoms with Crippen LogP contribution < -0.4 is 15.4 Å². The van der Waals surface area contributed by atoms with Crippen molar-refractivity contribution >= 4 is 29.9 Å². The number of aliphatic imine (C=N–C) groups is 1. The van der Waals surface area contributed by atoms with Crippen LogP contribution in [0, 0.1) is 5.92 Å². The Bertz CT molecular complexity index is 438. The largest absolute Gasteiger partial charge is 0.475 e. The fraction of sp³-hybridized carbons (Fsp3) is 0.625. The maximum absolute atomic E-state index is 5.43. The van der Waals surface area contributed by atoms with Crippen LogP contribution in [0.4, 0.5) is 0 Å². The number of pyridine rings is 1. The quantitative estimate of drug-likeness (QED) is 0.270. The van der Waals surface area contributed by atoms with Gasteiger partial charge in [0.1, 0.15) is 6.61 Å². The topological polar surface area (TPSA) is 67.8 Å². The molecule has 0 unspecified atom stereocenters. The van der Waals surface area contributed by atoms with Crippen molar-refractivity contribution < 1.29 is 9.47 Å². The van der Waals surface area contributed by atoms with Gasteiger partial charge in [-0.05, 0) is 18.4 Å². The Kier molecular flexibility index (Phi) is 12.7. The summed E-state index contributed by atoms with van der Waals surface area (Å²) in [7, 11) is 1.65. The smallest absolute Gasteiger partial charge is 0.213 e. The molecular formula is C16H29IN4O2. The minimum atomic E-state index is 0. The highest BCUT2D eigenvalue weighted by Crippen LogP contribution is 2.08. The maximum atomic E-state index is 5.43. The summed E-state index contributed by atoms with van der Waals surface area (Å²) in [6, 6.07) is 3.83. The van der Waals surface area contributed by atoms with Gasteiger partial charge in [-0.3, -0.25) is 0 Å². The molecule has 2 N–H and O–H groups in total. The van der Waals surface area contributed by atoms with Crippen LogP contribution in [0.1, 0.15) is 26.3 Å². The summed E-state index contributed by atoms with van der Waals surface area (Å²) in [5, 5.41) is 6.55.